The molecule has 1 aliphatic rings. The molecule has 3 aromatic rings. The summed E-state index contributed by atoms with van der Waals surface area (Å²) in [4.78, 5) is 40.2. The Labute approximate surface area is 230 Å². The van der Waals surface area contributed by atoms with Gasteiger partial charge in [-0.2, -0.15) is 5.10 Å². The highest BCUT2D eigenvalue weighted by Gasteiger charge is 2.45. The number of amides is 2. The van der Waals surface area contributed by atoms with Crippen molar-refractivity contribution in [1.29, 1.82) is 0 Å². The molecule has 0 bridgehead atoms. The molecule has 40 heavy (non-hydrogen) atoms. The number of ether oxygens (including phenoxy) is 1. The van der Waals surface area contributed by atoms with Gasteiger partial charge in [-0.25, -0.2) is 13.9 Å². The second-order valence-corrected chi connectivity index (χ2v) is 10.7. The van der Waals surface area contributed by atoms with Gasteiger partial charge < -0.3 is 20.1 Å². The molecule has 0 spiro atoms. The predicted molar refractivity (Wildman–Crippen MR) is 143 cm³/mol. The smallest absolute Gasteiger partial charge is 0.307 e. The van der Waals surface area contributed by atoms with Crippen molar-refractivity contribution in [2.24, 2.45) is 0 Å². The van der Waals surface area contributed by atoms with Crippen LogP contribution in [0.15, 0.2) is 47.3 Å². The fourth-order valence-electron chi connectivity index (χ4n) is 5.05. The van der Waals surface area contributed by atoms with Gasteiger partial charge in [0.2, 0.25) is 5.91 Å². The number of hydrogen-bond donors (Lipinski definition) is 3. The zero-order valence-electron chi connectivity index (χ0n) is 22.9. The molecule has 0 radical (unpaired) electrons. The molecule has 11 heteroatoms. The van der Waals surface area contributed by atoms with Crippen LogP contribution >= 0.6 is 0 Å². The first-order valence-corrected chi connectivity index (χ1v) is 12.9. The van der Waals surface area contributed by atoms with Crippen molar-refractivity contribution >= 4 is 11.8 Å². The fraction of sp³-hybridized carbons (Fsp3) is 0.379. The van der Waals surface area contributed by atoms with Gasteiger partial charge in [-0.15, -0.1) is 0 Å². The van der Waals surface area contributed by atoms with Crippen molar-refractivity contribution in [3.63, 3.8) is 0 Å². The minimum absolute atomic E-state index is 0.0618. The summed E-state index contributed by atoms with van der Waals surface area (Å²) in [6.07, 6.45) is 0.809. The van der Waals surface area contributed by atoms with Gasteiger partial charge >= 0.3 is 5.56 Å². The average molecular weight is 555 g/mol. The molecule has 1 aromatic heterocycles. The van der Waals surface area contributed by atoms with Crippen LogP contribution in [-0.2, 0) is 4.79 Å². The molecule has 1 fully saturated rings. The summed E-state index contributed by atoms with van der Waals surface area (Å²) < 4.78 is 33.7. The number of aryl methyl sites for hydroxylation is 2. The van der Waals surface area contributed by atoms with E-state index in [1.165, 1.54) is 36.1 Å². The molecule has 1 aliphatic heterocycles. The van der Waals surface area contributed by atoms with Crippen molar-refractivity contribution < 1.29 is 28.2 Å². The lowest BCUT2D eigenvalue weighted by atomic mass is 9.96. The lowest BCUT2D eigenvalue weighted by Gasteiger charge is -2.38. The van der Waals surface area contributed by atoms with Crippen LogP contribution in [0.1, 0.15) is 66.8 Å². The quantitative estimate of drug-likeness (QED) is 0.404. The number of carbonyl (C=O) groups excluding carboxylic acids is 2. The minimum Gasteiger partial charge on any atom is -0.451 e. The van der Waals surface area contributed by atoms with Crippen LogP contribution < -0.4 is 15.6 Å². The van der Waals surface area contributed by atoms with Crippen LogP contribution in [0.2, 0.25) is 0 Å². The summed E-state index contributed by atoms with van der Waals surface area (Å²) in [7, 11) is 0. The Morgan fingerprint density at radius 1 is 1.10 bits per heavy atom. The highest BCUT2D eigenvalue weighted by Crippen LogP contribution is 2.41. The second-order valence-electron chi connectivity index (χ2n) is 10.7. The van der Waals surface area contributed by atoms with E-state index in [0.29, 0.717) is 29.8 Å². The molecule has 0 saturated carbocycles. The van der Waals surface area contributed by atoms with Crippen LogP contribution in [-0.4, -0.2) is 49.7 Å². The number of benzene rings is 2. The van der Waals surface area contributed by atoms with E-state index in [4.69, 9.17) is 4.74 Å². The Bertz CT molecular complexity index is 1480. The fourth-order valence-corrected chi connectivity index (χ4v) is 5.05. The molecular weight excluding hydrogens is 522 g/mol. The molecule has 0 aliphatic carbocycles. The Balaban J connectivity index is 1.53. The standard InChI is InChI=1S/C29H32F2N4O5/c1-15-10-18(6-8-23(15)40-24-11-16(2)33-34-27(24)37)26(36)32-17(3)28(38)35-22(7-9-25(35)29(4,5)39)19-12-20(30)14-21(31)13-19/h6,8,10-14,17,22,25,39H,7,9H2,1-5H3,(H,32,36)(H,34,37)/t17-,22+,25?/m1/s1. The van der Waals surface area contributed by atoms with Gasteiger partial charge in [0.15, 0.2) is 5.75 Å². The Morgan fingerprint density at radius 2 is 1.77 bits per heavy atom. The van der Waals surface area contributed by atoms with Crippen LogP contribution in [0.3, 0.4) is 0 Å². The number of aromatic nitrogens is 2. The third kappa shape index (κ3) is 6.20. The van der Waals surface area contributed by atoms with E-state index in [9.17, 15) is 28.3 Å². The molecule has 1 saturated heterocycles. The van der Waals surface area contributed by atoms with Crippen molar-refractivity contribution in [2.45, 2.75) is 71.2 Å². The van der Waals surface area contributed by atoms with Gasteiger partial charge in [0.1, 0.15) is 23.4 Å². The van der Waals surface area contributed by atoms with E-state index in [0.717, 1.165) is 6.07 Å². The molecule has 3 atom stereocenters. The minimum atomic E-state index is -1.29. The number of halogens is 2. The zero-order valence-corrected chi connectivity index (χ0v) is 22.9. The third-order valence-corrected chi connectivity index (χ3v) is 7.00. The Kier molecular flexibility index (Phi) is 8.06. The van der Waals surface area contributed by atoms with Gasteiger partial charge in [-0.3, -0.25) is 14.4 Å². The van der Waals surface area contributed by atoms with Crippen LogP contribution in [0, 0.1) is 25.5 Å². The number of rotatable bonds is 7. The van der Waals surface area contributed by atoms with E-state index >= 15 is 0 Å². The lowest BCUT2D eigenvalue weighted by Crippen LogP contribution is -2.54. The van der Waals surface area contributed by atoms with Crippen molar-refractivity contribution in [3.8, 4) is 11.5 Å². The second kappa shape index (κ2) is 11.2. The van der Waals surface area contributed by atoms with Crippen molar-refractivity contribution in [1.82, 2.24) is 20.4 Å². The summed E-state index contributed by atoms with van der Waals surface area (Å²) in [5.41, 5.74) is -0.0992. The first-order chi connectivity index (χ1) is 18.7. The van der Waals surface area contributed by atoms with Crippen molar-refractivity contribution in [3.05, 3.63) is 86.8 Å². The summed E-state index contributed by atoms with van der Waals surface area (Å²) in [5, 5.41) is 19.6. The van der Waals surface area contributed by atoms with Gasteiger partial charge in [0, 0.05) is 17.7 Å². The van der Waals surface area contributed by atoms with Crippen LogP contribution in [0.4, 0.5) is 8.78 Å². The van der Waals surface area contributed by atoms with E-state index in [1.807, 2.05) is 0 Å². The van der Waals surface area contributed by atoms with Gasteiger partial charge in [-0.05, 0) is 88.9 Å². The molecule has 2 aromatic carbocycles. The molecule has 212 valence electrons. The number of hydrogen-bond acceptors (Lipinski definition) is 6. The Hall–Kier alpha value is -4.12. The largest absolute Gasteiger partial charge is 0.451 e. The number of likely N-dealkylation sites (tertiary alicyclic amines) is 1. The van der Waals surface area contributed by atoms with E-state index in [1.54, 1.807) is 39.8 Å². The maximum absolute atomic E-state index is 14.0. The van der Waals surface area contributed by atoms with Crippen molar-refractivity contribution in [2.75, 3.05) is 0 Å². The van der Waals surface area contributed by atoms with E-state index in [-0.39, 0.29) is 16.9 Å². The average Bonchev–Trinajstić information content (AvgIpc) is 3.32. The predicted octanol–water partition coefficient (Wildman–Crippen LogP) is 4.08. The SMILES string of the molecule is Cc1cc(Oc2ccc(C(=O)N[C@H](C)C(=O)N3C(C(C)(C)O)CC[C@H]3c3cc(F)cc(F)c3)cc2C)c(=O)[nH]n1. The molecule has 3 N–H and O–H groups in total. The zero-order chi connectivity index (χ0) is 29.4. The molecule has 1 unspecified atom stereocenters. The van der Waals surface area contributed by atoms with Crippen LogP contribution in [0.25, 0.3) is 0 Å². The number of aliphatic hydroxyl groups is 1. The summed E-state index contributed by atoms with van der Waals surface area (Å²) in [5.74, 6) is -2.11. The normalized spacial score (nSPS) is 17.9. The first kappa shape index (κ1) is 28.9. The molecule has 4 rings (SSSR count). The molecular formula is C29H32F2N4O5. The maximum atomic E-state index is 14.0. The number of aromatic amines is 1. The van der Waals surface area contributed by atoms with E-state index < -0.39 is 52.7 Å². The van der Waals surface area contributed by atoms with Gasteiger partial charge in [0.05, 0.1) is 23.4 Å². The monoisotopic (exact) mass is 554 g/mol. The van der Waals surface area contributed by atoms with Gasteiger partial charge in [-0.1, -0.05) is 0 Å². The highest BCUT2D eigenvalue weighted by atomic mass is 19.1. The summed E-state index contributed by atoms with van der Waals surface area (Å²) >= 11 is 0. The molecule has 2 heterocycles. The number of H-pyrrole nitrogens is 1. The molecule has 2 amide bonds. The Morgan fingerprint density at radius 3 is 2.40 bits per heavy atom. The summed E-state index contributed by atoms with van der Waals surface area (Å²) in [6, 6.07) is 6.92. The topological polar surface area (TPSA) is 125 Å². The number of carbonyl (C=O) groups is 2. The third-order valence-electron chi connectivity index (χ3n) is 7.00. The summed E-state index contributed by atoms with van der Waals surface area (Å²) in [6.45, 7) is 8.08. The molecule has 9 nitrogen and oxygen atoms in total. The van der Waals surface area contributed by atoms with Crippen LogP contribution in [0.5, 0.6) is 11.5 Å². The first-order valence-electron chi connectivity index (χ1n) is 12.9. The van der Waals surface area contributed by atoms with E-state index in [2.05, 4.69) is 15.5 Å². The number of nitrogens with zero attached hydrogens (tertiary/aromatic N) is 2. The maximum Gasteiger partial charge on any atom is 0.307 e. The van der Waals surface area contributed by atoms with Gasteiger partial charge in [0.25, 0.3) is 5.91 Å². The number of nitrogens with one attached hydrogen (secondary N) is 2. The highest BCUT2D eigenvalue weighted by molar-refractivity contribution is 5.98. The lowest BCUT2D eigenvalue weighted by molar-refractivity contribution is -0.141.